The quantitative estimate of drug-likeness (QED) is 0.389. The molecule has 0 rings (SSSR count). The van der Waals surface area contributed by atoms with Crippen molar-refractivity contribution in [1.82, 2.24) is 10.2 Å². The number of aliphatic hydroxyl groups excluding tert-OH is 1. The van der Waals surface area contributed by atoms with E-state index in [0.717, 1.165) is 25.8 Å². The zero-order valence-corrected chi connectivity index (χ0v) is 16.1. The molecule has 24 heavy (non-hydrogen) atoms. The lowest BCUT2D eigenvalue weighted by molar-refractivity contribution is -0.121. The van der Waals surface area contributed by atoms with Gasteiger partial charge in [-0.1, -0.05) is 64.9 Å². The zero-order valence-electron chi connectivity index (χ0n) is 16.1. The van der Waals surface area contributed by atoms with Crippen molar-refractivity contribution in [3.05, 3.63) is 12.3 Å². The Balaban J connectivity index is 3.75. The maximum absolute atomic E-state index is 11.8. The van der Waals surface area contributed by atoms with E-state index in [1.165, 1.54) is 44.9 Å². The number of carbonyl (C=O) groups is 1. The number of aliphatic hydroxyl groups is 1. The van der Waals surface area contributed by atoms with Gasteiger partial charge in [-0.2, -0.15) is 0 Å². The van der Waals surface area contributed by atoms with Gasteiger partial charge in [-0.05, 0) is 25.5 Å². The second kappa shape index (κ2) is 18.3. The lowest BCUT2D eigenvalue weighted by Crippen LogP contribution is -2.33. The second-order valence-corrected chi connectivity index (χ2v) is 6.51. The molecule has 0 unspecified atom stereocenters. The molecule has 0 fully saturated rings. The van der Waals surface area contributed by atoms with E-state index in [0.29, 0.717) is 19.5 Å². The number of nitrogens with one attached hydrogen (secondary N) is 1. The molecular formula is C20H40N2O2. The van der Waals surface area contributed by atoms with Crippen molar-refractivity contribution in [3.8, 4) is 0 Å². The van der Waals surface area contributed by atoms with Gasteiger partial charge in [0.2, 0.25) is 5.91 Å². The summed E-state index contributed by atoms with van der Waals surface area (Å²) in [5.74, 6) is 0.152. The van der Waals surface area contributed by atoms with Gasteiger partial charge >= 0.3 is 0 Å². The van der Waals surface area contributed by atoms with Gasteiger partial charge in [0.25, 0.3) is 0 Å². The van der Waals surface area contributed by atoms with Gasteiger partial charge in [-0.25, -0.2) is 0 Å². The normalized spacial score (nSPS) is 11.1. The Labute approximate surface area is 149 Å². The van der Waals surface area contributed by atoms with E-state index in [4.69, 9.17) is 5.11 Å². The minimum Gasteiger partial charge on any atom is -0.395 e. The van der Waals surface area contributed by atoms with Crippen LogP contribution in [0.2, 0.25) is 0 Å². The van der Waals surface area contributed by atoms with Crippen LogP contribution >= 0.6 is 0 Å². The van der Waals surface area contributed by atoms with Crippen molar-refractivity contribution in [2.24, 2.45) is 0 Å². The van der Waals surface area contributed by atoms with Crippen molar-refractivity contribution < 1.29 is 9.90 Å². The first-order valence-electron chi connectivity index (χ1n) is 10.0. The van der Waals surface area contributed by atoms with E-state index < -0.39 is 0 Å². The number of rotatable bonds is 17. The molecule has 4 nitrogen and oxygen atoms in total. The fourth-order valence-electron chi connectivity index (χ4n) is 2.62. The van der Waals surface area contributed by atoms with Crippen LogP contribution in [0.15, 0.2) is 12.3 Å². The summed E-state index contributed by atoms with van der Waals surface area (Å²) in [6, 6.07) is 0. The molecule has 0 bridgehead atoms. The number of unbranched alkanes of at least 4 members (excludes halogenated alkanes) is 8. The van der Waals surface area contributed by atoms with E-state index in [2.05, 4.69) is 36.3 Å². The minimum absolute atomic E-state index is 0.144. The van der Waals surface area contributed by atoms with Crippen molar-refractivity contribution in [3.63, 3.8) is 0 Å². The Morgan fingerprint density at radius 2 is 1.62 bits per heavy atom. The molecule has 0 aliphatic rings. The van der Waals surface area contributed by atoms with E-state index in [-0.39, 0.29) is 12.5 Å². The van der Waals surface area contributed by atoms with Gasteiger partial charge in [0.15, 0.2) is 0 Å². The molecule has 0 aromatic heterocycles. The molecular weight excluding hydrogens is 300 g/mol. The summed E-state index contributed by atoms with van der Waals surface area (Å²) in [7, 11) is 0. The van der Waals surface area contributed by atoms with Crippen LogP contribution in [0.5, 0.6) is 0 Å². The molecule has 4 heteroatoms. The van der Waals surface area contributed by atoms with Gasteiger partial charge in [0, 0.05) is 26.1 Å². The first-order valence-corrected chi connectivity index (χ1v) is 10.0. The monoisotopic (exact) mass is 340 g/mol. The molecule has 1 amide bonds. The number of hydrogen-bond acceptors (Lipinski definition) is 3. The van der Waals surface area contributed by atoms with Gasteiger partial charge in [0.05, 0.1) is 6.61 Å². The molecule has 142 valence electrons. The van der Waals surface area contributed by atoms with Gasteiger partial charge in [0.1, 0.15) is 0 Å². The highest BCUT2D eigenvalue weighted by atomic mass is 16.3. The lowest BCUT2D eigenvalue weighted by Gasteiger charge is -2.19. The maximum Gasteiger partial charge on any atom is 0.220 e. The fourth-order valence-corrected chi connectivity index (χ4v) is 2.62. The number of hydrogen-bond donors (Lipinski definition) is 2. The molecule has 0 aromatic rings. The Bertz CT molecular complexity index is 306. The van der Waals surface area contributed by atoms with E-state index >= 15 is 0 Å². The molecule has 0 saturated heterocycles. The lowest BCUT2D eigenvalue weighted by atomic mass is 10.1. The summed E-state index contributed by atoms with van der Waals surface area (Å²) in [5, 5.41) is 12.1. The third-order valence-electron chi connectivity index (χ3n) is 4.16. The molecule has 0 spiro atoms. The minimum atomic E-state index is 0.144. The molecule has 0 aromatic carbocycles. The van der Waals surface area contributed by atoms with Crippen LogP contribution in [0.25, 0.3) is 0 Å². The third kappa shape index (κ3) is 15.9. The summed E-state index contributed by atoms with van der Waals surface area (Å²) < 4.78 is 0. The van der Waals surface area contributed by atoms with Crippen molar-refractivity contribution in [1.29, 1.82) is 0 Å². The van der Waals surface area contributed by atoms with Crippen LogP contribution in [0.4, 0.5) is 0 Å². The molecule has 0 radical (unpaired) electrons. The Morgan fingerprint density at radius 3 is 2.29 bits per heavy atom. The van der Waals surface area contributed by atoms with Crippen LogP contribution in [0.1, 0.15) is 84.5 Å². The maximum atomic E-state index is 11.8. The highest BCUT2D eigenvalue weighted by Gasteiger charge is 2.02. The van der Waals surface area contributed by atoms with Crippen LogP contribution in [0, 0.1) is 0 Å². The predicted molar refractivity (Wildman–Crippen MR) is 103 cm³/mol. The molecule has 0 aliphatic carbocycles. The summed E-state index contributed by atoms with van der Waals surface area (Å²) in [5.41, 5.74) is 0. The van der Waals surface area contributed by atoms with Crippen molar-refractivity contribution >= 4 is 5.91 Å². The largest absolute Gasteiger partial charge is 0.395 e. The number of amides is 1. The average molecular weight is 341 g/mol. The topological polar surface area (TPSA) is 52.6 Å². The Kier molecular flexibility index (Phi) is 17.5. The summed E-state index contributed by atoms with van der Waals surface area (Å²) in [4.78, 5) is 13.9. The van der Waals surface area contributed by atoms with Crippen molar-refractivity contribution in [2.75, 3.05) is 26.2 Å². The smallest absolute Gasteiger partial charge is 0.220 e. The number of nitrogens with zero attached hydrogens (tertiary/aromatic N) is 1. The Morgan fingerprint density at radius 1 is 0.958 bits per heavy atom. The summed E-state index contributed by atoms with van der Waals surface area (Å²) in [6.45, 7) is 6.59. The third-order valence-corrected chi connectivity index (χ3v) is 4.16. The number of carbonyl (C=O) groups excluding carboxylic acids is 1. The van der Waals surface area contributed by atoms with Crippen LogP contribution in [0.3, 0.4) is 0 Å². The fraction of sp³-hybridized carbons (Fsp3) is 0.850. The first kappa shape index (κ1) is 23.0. The standard InChI is InChI=1S/C20H40N2O2/c1-3-5-7-9-11-13-16-22(18-19-23)17-15-21-20(24)14-12-10-8-6-4-2/h13,16,23H,3-12,14-15,17-19H2,1-2H3,(H,21,24)/b16-13+. The first-order chi connectivity index (χ1) is 11.7. The summed E-state index contributed by atoms with van der Waals surface area (Å²) in [6.07, 6.45) is 16.9. The SMILES string of the molecule is CCCCCC/C=C/N(CCO)CCNC(=O)CCCCCCC. The predicted octanol–water partition coefficient (Wildman–Crippen LogP) is 4.24. The summed E-state index contributed by atoms with van der Waals surface area (Å²) >= 11 is 0. The molecule has 0 saturated carbocycles. The molecule has 0 atom stereocenters. The second-order valence-electron chi connectivity index (χ2n) is 6.51. The van der Waals surface area contributed by atoms with E-state index in [9.17, 15) is 4.79 Å². The van der Waals surface area contributed by atoms with Gasteiger partial charge < -0.3 is 15.3 Å². The molecule has 2 N–H and O–H groups in total. The van der Waals surface area contributed by atoms with Crippen molar-refractivity contribution in [2.45, 2.75) is 84.5 Å². The molecule has 0 heterocycles. The van der Waals surface area contributed by atoms with Crippen LogP contribution in [-0.4, -0.2) is 42.2 Å². The van der Waals surface area contributed by atoms with Crippen LogP contribution in [-0.2, 0) is 4.79 Å². The highest BCUT2D eigenvalue weighted by Crippen LogP contribution is 2.05. The zero-order chi connectivity index (χ0) is 17.9. The Hall–Kier alpha value is -1.03. The van der Waals surface area contributed by atoms with E-state index in [1.807, 2.05) is 0 Å². The van der Waals surface area contributed by atoms with Gasteiger partial charge in [-0.15, -0.1) is 0 Å². The average Bonchev–Trinajstić information content (AvgIpc) is 2.57. The highest BCUT2D eigenvalue weighted by molar-refractivity contribution is 5.75. The number of allylic oxidation sites excluding steroid dienone is 1. The van der Waals surface area contributed by atoms with E-state index in [1.54, 1.807) is 0 Å². The van der Waals surface area contributed by atoms with Gasteiger partial charge in [-0.3, -0.25) is 4.79 Å². The van der Waals surface area contributed by atoms with Crippen LogP contribution < -0.4 is 5.32 Å². The molecule has 0 aliphatic heterocycles.